The van der Waals surface area contributed by atoms with Gasteiger partial charge in [0.15, 0.2) is 0 Å². The van der Waals surface area contributed by atoms with E-state index in [1.54, 1.807) is 18.2 Å². The second-order valence-electron chi connectivity index (χ2n) is 9.93. The summed E-state index contributed by atoms with van der Waals surface area (Å²) in [5, 5.41) is 3.01. The van der Waals surface area contributed by atoms with Crippen LogP contribution in [0.2, 0.25) is 0 Å². The van der Waals surface area contributed by atoms with Crippen molar-refractivity contribution in [1.82, 2.24) is 9.21 Å². The molecule has 1 heterocycles. The number of anilines is 1. The number of hydrogen-bond acceptors (Lipinski definition) is 5. The summed E-state index contributed by atoms with van der Waals surface area (Å²) in [6.45, 7) is 5.08. The first-order valence-electron chi connectivity index (χ1n) is 12.6. The predicted molar refractivity (Wildman–Crippen MR) is 138 cm³/mol. The monoisotopic (exact) mass is 499 g/mol. The molecule has 2 unspecified atom stereocenters. The van der Waals surface area contributed by atoms with Gasteiger partial charge in [0, 0.05) is 36.9 Å². The minimum Gasteiger partial charge on any atom is -0.373 e. The summed E-state index contributed by atoms with van der Waals surface area (Å²) < 4.78 is 33.7. The number of rotatable bonds is 7. The molecule has 35 heavy (non-hydrogen) atoms. The van der Waals surface area contributed by atoms with Gasteiger partial charge in [0.05, 0.1) is 17.1 Å². The molecular formula is C27H37N3O4S. The number of nitrogens with zero attached hydrogens (tertiary/aromatic N) is 2. The van der Waals surface area contributed by atoms with Crippen LogP contribution in [0.3, 0.4) is 0 Å². The highest BCUT2D eigenvalue weighted by Crippen LogP contribution is 2.26. The average Bonchev–Trinajstić information content (AvgIpc) is 2.85. The van der Waals surface area contributed by atoms with Crippen LogP contribution in [0, 0.1) is 0 Å². The van der Waals surface area contributed by atoms with Gasteiger partial charge in [0.25, 0.3) is 5.91 Å². The lowest BCUT2D eigenvalue weighted by Crippen LogP contribution is -2.48. The van der Waals surface area contributed by atoms with E-state index in [1.165, 1.54) is 42.5 Å². The van der Waals surface area contributed by atoms with Crippen molar-refractivity contribution in [2.75, 3.05) is 25.5 Å². The van der Waals surface area contributed by atoms with Crippen molar-refractivity contribution in [2.24, 2.45) is 0 Å². The lowest BCUT2D eigenvalue weighted by atomic mass is 9.94. The topological polar surface area (TPSA) is 79.0 Å². The Labute approximate surface area is 209 Å². The summed E-state index contributed by atoms with van der Waals surface area (Å²) in [4.78, 5) is 15.7. The van der Waals surface area contributed by atoms with Crippen molar-refractivity contribution in [2.45, 2.75) is 75.6 Å². The van der Waals surface area contributed by atoms with E-state index in [4.69, 9.17) is 4.74 Å². The van der Waals surface area contributed by atoms with Crippen LogP contribution in [0.25, 0.3) is 0 Å². The molecule has 0 spiro atoms. The normalized spacial score (nSPS) is 22.3. The fraction of sp³-hybridized carbons (Fsp3) is 0.519. The fourth-order valence-corrected chi connectivity index (χ4v) is 6.80. The quantitative estimate of drug-likeness (QED) is 0.607. The first kappa shape index (κ1) is 25.8. The van der Waals surface area contributed by atoms with Crippen molar-refractivity contribution in [3.8, 4) is 0 Å². The van der Waals surface area contributed by atoms with Gasteiger partial charge < -0.3 is 10.1 Å². The third kappa shape index (κ3) is 6.30. The summed E-state index contributed by atoms with van der Waals surface area (Å²) >= 11 is 0. The van der Waals surface area contributed by atoms with Crippen molar-refractivity contribution >= 4 is 21.6 Å². The lowest BCUT2D eigenvalue weighted by Gasteiger charge is -2.34. The zero-order chi connectivity index (χ0) is 25.0. The number of hydrogen-bond donors (Lipinski definition) is 1. The minimum atomic E-state index is -3.73. The van der Waals surface area contributed by atoms with Crippen molar-refractivity contribution < 1.29 is 17.9 Å². The van der Waals surface area contributed by atoms with Gasteiger partial charge in [-0.3, -0.25) is 9.69 Å². The SMILES string of the molecule is CC1CN(S(=O)(=O)c2cccc(C(=O)Nc3ccccc3CN(C)C3CCCCC3)c2)CC(C)O1. The largest absolute Gasteiger partial charge is 0.373 e. The van der Waals surface area contributed by atoms with E-state index in [0.717, 1.165) is 17.8 Å². The van der Waals surface area contributed by atoms with Gasteiger partial charge in [-0.25, -0.2) is 8.42 Å². The van der Waals surface area contributed by atoms with Crippen molar-refractivity contribution in [3.05, 3.63) is 59.7 Å². The van der Waals surface area contributed by atoms with Gasteiger partial charge in [-0.1, -0.05) is 43.5 Å². The Morgan fingerprint density at radius 2 is 1.71 bits per heavy atom. The molecule has 1 saturated heterocycles. The van der Waals surface area contributed by atoms with E-state index in [-0.39, 0.29) is 23.0 Å². The Morgan fingerprint density at radius 3 is 2.43 bits per heavy atom. The van der Waals surface area contributed by atoms with Gasteiger partial charge >= 0.3 is 0 Å². The first-order chi connectivity index (χ1) is 16.7. The maximum Gasteiger partial charge on any atom is 0.255 e. The van der Waals surface area contributed by atoms with E-state index in [9.17, 15) is 13.2 Å². The zero-order valence-corrected chi connectivity index (χ0v) is 21.8. The number of carbonyl (C=O) groups excluding carboxylic acids is 1. The summed E-state index contributed by atoms with van der Waals surface area (Å²) in [7, 11) is -1.58. The van der Waals surface area contributed by atoms with Crippen molar-refractivity contribution in [1.29, 1.82) is 0 Å². The Bertz CT molecular complexity index is 1120. The van der Waals surface area contributed by atoms with Crippen molar-refractivity contribution in [3.63, 3.8) is 0 Å². The van der Waals surface area contributed by atoms with Crippen LogP contribution in [0.15, 0.2) is 53.4 Å². The van der Waals surface area contributed by atoms with Crippen LogP contribution in [0.1, 0.15) is 61.9 Å². The number of amides is 1. The third-order valence-corrected chi connectivity index (χ3v) is 8.83. The second kappa shape index (κ2) is 11.2. The van der Waals surface area contributed by atoms with Crippen LogP contribution in [-0.4, -0.2) is 61.9 Å². The summed E-state index contributed by atoms with van der Waals surface area (Å²) in [6.07, 6.45) is 5.94. The van der Waals surface area contributed by atoms with E-state index in [0.29, 0.717) is 24.7 Å². The summed E-state index contributed by atoms with van der Waals surface area (Å²) in [6, 6.07) is 14.7. The number of nitrogens with one attached hydrogen (secondary N) is 1. The lowest BCUT2D eigenvalue weighted by molar-refractivity contribution is -0.0440. The van der Waals surface area contributed by atoms with E-state index in [2.05, 4.69) is 17.3 Å². The number of para-hydroxylation sites is 1. The second-order valence-corrected chi connectivity index (χ2v) is 11.9. The molecule has 2 atom stereocenters. The third-order valence-electron chi connectivity index (χ3n) is 7.00. The average molecular weight is 500 g/mol. The van der Waals surface area contributed by atoms with E-state index in [1.807, 2.05) is 38.1 Å². The molecule has 4 rings (SSSR count). The van der Waals surface area contributed by atoms with Crippen LogP contribution in [0.4, 0.5) is 5.69 Å². The number of morpholine rings is 1. The maximum absolute atomic E-state index is 13.3. The van der Waals surface area contributed by atoms with Crippen LogP contribution in [0.5, 0.6) is 0 Å². The van der Waals surface area contributed by atoms with Crippen LogP contribution < -0.4 is 5.32 Å². The minimum absolute atomic E-state index is 0.122. The smallest absolute Gasteiger partial charge is 0.255 e. The van der Waals surface area contributed by atoms with E-state index >= 15 is 0 Å². The fourth-order valence-electron chi connectivity index (χ4n) is 5.17. The zero-order valence-electron chi connectivity index (χ0n) is 20.9. The highest BCUT2D eigenvalue weighted by molar-refractivity contribution is 7.89. The van der Waals surface area contributed by atoms with Gasteiger partial charge in [0.1, 0.15) is 0 Å². The number of benzene rings is 2. The highest BCUT2D eigenvalue weighted by Gasteiger charge is 2.32. The van der Waals surface area contributed by atoms with E-state index < -0.39 is 10.0 Å². The molecule has 2 aromatic rings. The first-order valence-corrected chi connectivity index (χ1v) is 14.0. The molecule has 8 heteroatoms. The molecule has 1 aliphatic heterocycles. The molecule has 2 fully saturated rings. The molecule has 1 aliphatic carbocycles. The molecule has 0 aromatic heterocycles. The molecule has 1 amide bonds. The predicted octanol–water partition coefficient (Wildman–Crippen LogP) is 4.50. The molecule has 1 saturated carbocycles. The Morgan fingerprint density at radius 1 is 1.03 bits per heavy atom. The molecule has 2 aromatic carbocycles. The molecule has 7 nitrogen and oxygen atoms in total. The molecule has 0 bridgehead atoms. The number of sulfonamides is 1. The molecule has 190 valence electrons. The van der Waals surface area contributed by atoms with Gasteiger partial charge in [-0.2, -0.15) is 4.31 Å². The Hall–Kier alpha value is -2.26. The molecule has 2 aliphatic rings. The standard InChI is InChI=1S/C27H37N3O4S/c1-20-17-30(18-21(2)34-20)35(32,33)25-14-9-11-22(16-25)27(31)28-26-15-8-7-10-23(26)19-29(3)24-12-5-4-6-13-24/h7-11,14-16,20-21,24H,4-6,12-13,17-19H2,1-3H3,(H,28,31). The Kier molecular flexibility index (Phi) is 8.27. The Balaban J connectivity index is 1.49. The van der Waals surface area contributed by atoms with Gasteiger partial charge in [0.2, 0.25) is 10.0 Å². The molecule has 0 radical (unpaired) electrons. The maximum atomic E-state index is 13.3. The number of carbonyl (C=O) groups is 1. The summed E-state index contributed by atoms with van der Waals surface area (Å²) in [5.41, 5.74) is 2.12. The molecular weight excluding hydrogens is 462 g/mol. The number of ether oxygens (including phenoxy) is 1. The van der Waals surface area contributed by atoms with Gasteiger partial charge in [-0.05, 0) is 63.6 Å². The van der Waals surface area contributed by atoms with Gasteiger partial charge in [-0.15, -0.1) is 0 Å². The summed E-state index contributed by atoms with van der Waals surface area (Å²) in [5.74, 6) is -0.321. The van der Waals surface area contributed by atoms with Crippen LogP contribution in [-0.2, 0) is 21.3 Å². The molecule has 1 N–H and O–H groups in total. The van der Waals surface area contributed by atoms with Crippen LogP contribution >= 0.6 is 0 Å². The highest BCUT2D eigenvalue weighted by atomic mass is 32.2.